The number of hydrogen-bond donors (Lipinski definition) is 1. The third kappa shape index (κ3) is 7.61. The fraction of sp³-hybridized carbons (Fsp3) is 0.235. The molecule has 0 aliphatic carbocycles. The van der Waals surface area contributed by atoms with Gasteiger partial charge in [-0.2, -0.15) is 0 Å². The van der Waals surface area contributed by atoms with E-state index < -0.39 is 31.5 Å². The number of rotatable bonds is 11. The molecule has 0 aliphatic heterocycles. The van der Waals surface area contributed by atoms with Gasteiger partial charge in [-0.25, -0.2) is 8.78 Å². The molecule has 2 aromatic rings. The highest BCUT2D eigenvalue weighted by Crippen LogP contribution is 2.47. The zero-order valence-electron chi connectivity index (χ0n) is 14.8. The van der Waals surface area contributed by atoms with E-state index in [1.54, 1.807) is 6.92 Å². The molecule has 1 N–H and O–H groups in total. The monoisotopic (exact) mass is 417 g/mol. The fourth-order valence-electron chi connectivity index (χ4n) is 1.75. The normalized spacial score (nSPS) is 11.1. The van der Waals surface area contributed by atoms with E-state index in [-0.39, 0.29) is 24.7 Å². The molecule has 0 spiro atoms. The molecule has 11 heteroatoms. The summed E-state index contributed by atoms with van der Waals surface area (Å²) in [7, 11) is -4.10. The summed E-state index contributed by atoms with van der Waals surface area (Å²) in [6.45, 7) is 1.56. The van der Waals surface area contributed by atoms with E-state index in [1.807, 2.05) is 0 Å². The highest BCUT2D eigenvalue weighted by Gasteiger charge is 2.30. The summed E-state index contributed by atoms with van der Waals surface area (Å²) in [5.41, 5.74) is 0. The molecule has 0 radical (unpaired) electrons. The molecule has 0 aliphatic rings. The van der Waals surface area contributed by atoms with Gasteiger partial charge in [0.25, 0.3) is 0 Å². The molecule has 0 unspecified atom stereocenters. The second-order valence-electron chi connectivity index (χ2n) is 5.22. The fourth-order valence-corrected chi connectivity index (χ4v) is 2.67. The number of carbonyl (C=O) groups excluding carboxylic acids is 1. The van der Waals surface area contributed by atoms with Crippen molar-refractivity contribution in [2.24, 2.45) is 0 Å². The van der Waals surface area contributed by atoms with E-state index in [0.29, 0.717) is 0 Å². The molecule has 28 heavy (non-hydrogen) atoms. The number of nitrogens with one attached hydrogen (secondary N) is 1. The average Bonchev–Trinajstić information content (AvgIpc) is 2.67. The van der Waals surface area contributed by atoms with E-state index in [2.05, 4.69) is 5.32 Å². The van der Waals surface area contributed by atoms with Gasteiger partial charge in [-0.15, -0.1) is 0 Å². The van der Waals surface area contributed by atoms with Crippen LogP contribution in [0.3, 0.4) is 0 Å². The topological polar surface area (TPSA) is 92.3 Å². The lowest BCUT2D eigenvalue weighted by molar-refractivity contribution is -0.171. The molecule has 152 valence electrons. The van der Waals surface area contributed by atoms with Crippen molar-refractivity contribution in [3.8, 4) is 11.5 Å². The summed E-state index contributed by atoms with van der Waals surface area (Å²) in [6.07, 6.45) is -0.478. The molecule has 0 saturated heterocycles. The number of benzene rings is 2. The summed E-state index contributed by atoms with van der Waals surface area (Å²) in [5.74, 6) is -1.46. The Bertz CT molecular complexity index is 749. The van der Waals surface area contributed by atoms with E-state index in [4.69, 9.17) is 23.9 Å². The minimum atomic E-state index is -4.10. The minimum Gasteiger partial charge on any atom is -0.465 e. The number of hydrogen-bond acceptors (Lipinski definition) is 8. The van der Waals surface area contributed by atoms with Crippen molar-refractivity contribution in [1.82, 2.24) is 5.32 Å². The Morgan fingerprint density at radius 3 is 1.82 bits per heavy atom. The number of ether oxygens (including phenoxy) is 1. The number of halogens is 2. The Morgan fingerprint density at radius 1 is 0.929 bits per heavy atom. The lowest BCUT2D eigenvalue weighted by Gasteiger charge is -2.16. The van der Waals surface area contributed by atoms with Gasteiger partial charge < -0.3 is 14.5 Å². The van der Waals surface area contributed by atoms with Crippen LogP contribution < -0.4 is 15.1 Å². The molecule has 0 fully saturated rings. The largest absolute Gasteiger partial charge is 0.465 e. The van der Waals surface area contributed by atoms with Crippen LogP contribution in [0.1, 0.15) is 6.92 Å². The standard InChI is InChI=1S/C17H18F2NO7P/c1-2-23-17(21)11-20-12-28(22,26-24-15-7-3-13(18)4-8-15)27-25-16-9-5-14(19)6-10-16/h3-10,20H,2,11-12H2,1H3. The molecule has 0 aromatic heterocycles. The molecule has 0 heterocycles. The molecule has 8 nitrogen and oxygen atoms in total. The maximum absolute atomic E-state index is 12.9. The van der Waals surface area contributed by atoms with Crippen molar-refractivity contribution < 1.29 is 42.0 Å². The number of esters is 1. The molecule has 0 saturated carbocycles. The second-order valence-corrected chi connectivity index (χ2v) is 7.06. The molecule has 2 rings (SSSR count). The summed E-state index contributed by atoms with van der Waals surface area (Å²) in [4.78, 5) is 21.1. The van der Waals surface area contributed by atoms with Gasteiger partial charge in [0.1, 0.15) is 17.9 Å². The van der Waals surface area contributed by atoms with Gasteiger partial charge >= 0.3 is 13.6 Å². The predicted octanol–water partition coefficient (Wildman–Crippen LogP) is 3.59. The highest BCUT2D eigenvalue weighted by molar-refractivity contribution is 7.53. The molecular formula is C17H18F2NO7P. The highest BCUT2D eigenvalue weighted by atomic mass is 31.2. The van der Waals surface area contributed by atoms with Gasteiger partial charge in [-0.3, -0.25) is 14.7 Å². The van der Waals surface area contributed by atoms with Crippen LogP contribution in [-0.4, -0.2) is 25.4 Å². The van der Waals surface area contributed by atoms with Crippen LogP contribution in [0.15, 0.2) is 48.5 Å². The van der Waals surface area contributed by atoms with Crippen LogP contribution in [0.5, 0.6) is 11.5 Å². The third-order valence-electron chi connectivity index (χ3n) is 3.00. The first-order valence-electron chi connectivity index (χ1n) is 8.09. The van der Waals surface area contributed by atoms with Gasteiger partial charge in [0.2, 0.25) is 0 Å². The summed E-state index contributed by atoms with van der Waals surface area (Å²) in [5, 5.41) is 2.53. The predicted molar refractivity (Wildman–Crippen MR) is 93.3 cm³/mol. The van der Waals surface area contributed by atoms with Gasteiger partial charge in [-0.1, -0.05) is 9.35 Å². The van der Waals surface area contributed by atoms with E-state index in [9.17, 15) is 18.1 Å². The Balaban J connectivity index is 1.98. The maximum atomic E-state index is 12.9. The van der Waals surface area contributed by atoms with Crippen LogP contribution in [0.4, 0.5) is 8.78 Å². The van der Waals surface area contributed by atoms with Crippen molar-refractivity contribution in [2.75, 3.05) is 19.4 Å². The minimum absolute atomic E-state index is 0.0531. The Kier molecular flexibility index (Phi) is 8.34. The molecule has 0 amide bonds. The summed E-state index contributed by atoms with van der Waals surface area (Å²) >= 11 is 0. The van der Waals surface area contributed by atoms with E-state index in [1.165, 1.54) is 24.3 Å². The third-order valence-corrected chi connectivity index (χ3v) is 4.22. The van der Waals surface area contributed by atoms with Crippen molar-refractivity contribution in [2.45, 2.75) is 6.92 Å². The zero-order valence-corrected chi connectivity index (χ0v) is 15.7. The molecule has 2 aromatic carbocycles. The number of carbonyl (C=O) groups is 1. The zero-order chi connectivity index (χ0) is 20.4. The van der Waals surface area contributed by atoms with Crippen molar-refractivity contribution in [3.63, 3.8) is 0 Å². The maximum Gasteiger partial charge on any atom is 0.418 e. The average molecular weight is 417 g/mol. The first-order valence-corrected chi connectivity index (χ1v) is 9.82. The van der Waals surface area contributed by atoms with Crippen molar-refractivity contribution in [1.29, 1.82) is 0 Å². The lowest BCUT2D eigenvalue weighted by Crippen LogP contribution is -2.27. The Labute approximate surface area is 159 Å². The lowest BCUT2D eigenvalue weighted by atomic mass is 10.3. The SMILES string of the molecule is CCOC(=O)CNCP(=O)(OOc1ccc(F)cc1)OOc1ccc(F)cc1. The first-order chi connectivity index (χ1) is 13.4. The smallest absolute Gasteiger partial charge is 0.418 e. The van der Waals surface area contributed by atoms with Crippen molar-refractivity contribution >= 4 is 13.6 Å². The van der Waals surface area contributed by atoms with Crippen LogP contribution in [0.25, 0.3) is 0 Å². The van der Waals surface area contributed by atoms with E-state index in [0.717, 1.165) is 24.3 Å². The van der Waals surface area contributed by atoms with Crippen LogP contribution in [0, 0.1) is 11.6 Å². The van der Waals surface area contributed by atoms with E-state index >= 15 is 0 Å². The van der Waals surface area contributed by atoms with Crippen molar-refractivity contribution in [3.05, 3.63) is 60.2 Å². The molecule has 0 bridgehead atoms. The summed E-state index contributed by atoms with van der Waals surface area (Å²) < 4.78 is 53.0. The van der Waals surface area contributed by atoms with Gasteiger partial charge in [0.15, 0.2) is 11.5 Å². The first kappa shape index (κ1) is 21.8. The Hall–Kier alpha value is -2.52. The van der Waals surface area contributed by atoms with Gasteiger partial charge in [0.05, 0.1) is 13.2 Å². The van der Waals surface area contributed by atoms with Crippen LogP contribution >= 0.6 is 7.60 Å². The molecular weight excluding hydrogens is 399 g/mol. The van der Waals surface area contributed by atoms with Crippen LogP contribution in [0.2, 0.25) is 0 Å². The van der Waals surface area contributed by atoms with Gasteiger partial charge in [0, 0.05) is 0 Å². The van der Waals surface area contributed by atoms with Gasteiger partial charge in [-0.05, 0) is 55.5 Å². The Morgan fingerprint density at radius 2 is 1.39 bits per heavy atom. The van der Waals surface area contributed by atoms with Crippen LogP contribution in [-0.2, 0) is 23.4 Å². The second kappa shape index (κ2) is 10.7. The molecule has 0 atom stereocenters. The summed E-state index contributed by atoms with van der Waals surface area (Å²) in [6, 6.07) is 9.41. The quantitative estimate of drug-likeness (QED) is 0.257.